The molecule has 3 rings (SSSR count). The van der Waals surface area contributed by atoms with Crippen molar-refractivity contribution in [1.82, 2.24) is 0 Å². The first-order chi connectivity index (χ1) is 12.9. The number of hydrogen-bond acceptors (Lipinski definition) is 5. The van der Waals surface area contributed by atoms with Crippen molar-refractivity contribution in [2.24, 2.45) is 0 Å². The van der Waals surface area contributed by atoms with E-state index in [9.17, 15) is 9.59 Å². The zero-order valence-corrected chi connectivity index (χ0v) is 15.1. The quantitative estimate of drug-likeness (QED) is 0.751. The third kappa shape index (κ3) is 4.17. The van der Waals surface area contributed by atoms with Crippen molar-refractivity contribution in [3.8, 4) is 0 Å². The van der Waals surface area contributed by atoms with Gasteiger partial charge in [0.1, 0.15) is 12.7 Å². The average Bonchev–Trinajstić information content (AvgIpc) is 2.90. The van der Waals surface area contributed by atoms with E-state index in [1.807, 2.05) is 0 Å². The number of halogens is 1. The fourth-order valence-corrected chi connectivity index (χ4v) is 2.95. The molecule has 27 heavy (non-hydrogen) atoms. The van der Waals surface area contributed by atoms with Crippen LogP contribution in [0.3, 0.4) is 0 Å². The summed E-state index contributed by atoms with van der Waals surface area (Å²) in [5.74, 6) is -1.20. The molecule has 0 bridgehead atoms. The SMILES string of the molecule is C[C@H]1O[C@H](COC(=O)c2ccccc2)[C@@H](OC(=O)c2ccccc2)[C@@]1(C)F. The van der Waals surface area contributed by atoms with Crippen LogP contribution in [0.2, 0.25) is 0 Å². The summed E-state index contributed by atoms with van der Waals surface area (Å²) in [7, 11) is 0. The maximum atomic E-state index is 15.1. The minimum atomic E-state index is -1.91. The summed E-state index contributed by atoms with van der Waals surface area (Å²) in [4.78, 5) is 24.5. The molecule has 0 saturated carbocycles. The van der Waals surface area contributed by atoms with Crippen molar-refractivity contribution in [1.29, 1.82) is 0 Å². The molecule has 1 aliphatic heterocycles. The summed E-state index contributed by atoms with van der Waals surface area (Å²) in [6.45, 7) is 2.66. The van der Waals surface area contributed by atoms with Crippen molar-refractivity contribution in [3.63, 3.8) is 0 Å². The van der Waals surface area contributed by atoms with Gasteiger partial charge in [0.15, 0.2) is 11.8 Å². The Morgan fingerprint density at radius 1 is 1.00 bits per heavy atom. The van der Waals surface area contributed by atoms with E-state index in [1.54, 1.807) is 67.6 Å². The monoisotopic (exact) mass is 372 g/mol. The van der Waals surface area contributed by atoms with E-state index >= 15 is 4.39 Å². The lowest BCUT2D eigenvalue weighted by Crippen LogP contribution is -2.44. The fourth-order valence-electron chi connectivity index (χ4n) is 2.95. The topological polar surface area (TPSA) is 61.8 Å². The standard InChI is InChI=1S/C21H21FO5/c1-14-21(2,22)18(27-20(24)16-11-7-4-8-12-16)17(26-14)13-25-19(23)15-9-5-3-6-10-15/h3-12,14,17-18H,13H2,1-2H3/t14-,17-,18-,21+/m1/s1. The van der Waals surface area contributed by atoms with Crippen LogP contribution in [0.25, 0.3) is 0 Å². The molecular weight excluding hydrogens is 351 g/mol. The summed E-state index contributed by atoms with van der Waals surface area (Å²) in [5, 5.41) is 0. The third-order valence-corrected chi connectivity index (χ3v) is 4.70. The molecule has 0 radical (unpaired) electrons. The largest absolute Gasteiger partial charge is 0.459 e. The molecule has 0 N–H and O–H groups in total. The molecule has 0 unspecified atom stereocenters. The molecule has 4 atom stereocenters. The minimum Gasteiger partial charge on any atom is -0.459 e. The molecular formula is C21H21FO5. The molecule has 5 nitrogen and oxygen atoms in total. The summed E-state index contributed by atoms with van der Waals surface area (Å²) >= 11 is 0. The van der Waals surface area contributed by atoms with Crippen LogP contribution in [-0.4, -0.2) is 42.5 Å². The van der Waals surface area contributed by atoms with Gasteiger partial charge in [-0.2, -0.15) is 0 Å². The van der Waals surface area contributed by atoms with E-state index in [2.05, 4.69) is 0 Å². The van der Waals surface area contributed by atoms with Crippen molar-refractivity contribution in [3.05, 3.63) is 71.8 Å². The molecule has 0 aliphatic carbocycles. The van der Waals surface area contributed by atoms with E-state index < -0.39 is 35.9 Å². The zero-order valence-electron chi connectivity index (χ0n) is 15.1. The Bertz CT molecular complexity index is 791. The van der Waals surface area contributed by atoms with Gasteiger partial charge in [-0.15, -0.1) is 0 Å². The van der Waals surface area contributed by atoms with Gasteiger partial charge >= 0.3 is 11.9 Å². The predicted octanol–water partition coefficient (Wildman–Crippen LogP) is 3.58. The summed E-state index contributed by atoms with van der Waals surface area (Å²) in [5.41, 5.74) is -1.22. The van der Waals surface area contributed by atoms with Gasteiger partial charge in [-0.25, -0.2) is 14.0 Å². The highest BCUT2D eigenvalue weighted by Gasteiger charge is 2.55. The Hall–Kier alpha value is -2.73. The molecule has 1 aliphatic rings. The average molecular weight is 372 g/mol. The molecule has 2 aromatic carbocycles. The van der Waals surface area contributed by atoms with Gasteiger partial charge in [0.25, 0.3) is 0 Å². The summed E-state index contributed by atoms with van der Waals surface area (Å²) < 4.78 is 31.3. The molecule has 1 heterocycles. The van der Waals surface area contributed by atoms with Gasteiger partial charge in [-0.3, -0.25) is 0 Å². The van der Waals surface area contributed by atoms with Crippen molar-refractivity contribution in [2.45, 2.75) is 37.8 Å². The number of benzene rings is 2. The van der Waals surface area contributed by atoms with E-state index in [-0.39, 0.29) is 6.61 Å². The number of carbonyl (C=O) groups is 2. The Morgan fingerprint density at radius 2 is 1.52 bits per heavy atom. The highest BCUT2D eigenvalue weighted by atomic mass is 19.1. The number of hydrogen-bond donors (Lipinski definition) is 0. The smallest absolute Gasteiger partial charge is 0.338 e. The molecule has 0 spiro atoms. The Morgan fingerprint density at radius 3 is 2.07 bits per heavy atom. The van der Waals surface area contributed by atoms with Gasteiger partial charge in [-0.1, -0.05) is 36.4 Å². The second-order valence-electron chi connectivity index (χ2n) is 6.62. The molecule has 0 aromatic heterocycles. The highest BCUT2D eigenvalue weighted by Crippen LogP contribution is 2.37. The lowest BCUT2D eigenvalue weighted by molar-refractivity contribution is -0.0435. The van der Waals surface area contributed by atoms with E-state index in [0.29, 0.717) is 11.1 Å². The molecule has 6 heteroatoms. The van der Waals surface area contributed by atoms with Crippen molar-refractivity contribution < 1.29 is 28.2 Å². The lowest BCUT2D eigenvalue weighted by Gasteiger charge is -2.26. The van der Waals surface area contributed by atoms with E-state index in [4.69, 9.17) is 14.2 Å². The molecule has 1 saturated heterocycles. The van der Waals surface area contributed by atoms with Crippen LogP contribution in [-0.2, 0) is 14.2 Å². The first kappa shape index (κ1) is 19.0. The zero-order chi connectivity index (χ0) is 19.4. The van der Waals surface area contributed by atoms with E-state index in [0.717, 1.165) is 0 Å². The van der Waals surface area contributed by atoms with Crippen LogP contribution in [0, 0.1) is 0 Å². The Balaban J connectivity index is 1.69. The van der Waals surface area contributed by atoms with Gasteiger partial charge in [-0.05, 0) is 38.1 Å². The number of alkyl halides is 1. The fraction of sp³-hybridized carbons (Fsp3) is 0.333. The van der Waals surface area contributed by atoms with Crippen LogP contribution < -0.4 is 0 Å². The Labute approximate surface area is 157 Å². The normalized spacial score (nSPS) is 27.1. The summed E-state index contributed by atoms with van der Waals surface area (Å²) in [6.07, 6.45) is -2.90. The first-order valence-electron chi connectivity index (χ1n) is 8.72. The van der Waals surface area contributed by atoms with Crippen LogP contribution in [0.4, 0.5) is 4.39 Å². The first-order valence-corrected chi connectivity index (χ1v) is 8.72. The van der Waals surface area contributed by atoms with E-state index in [1.165, 1.54) is 6.92 Å². The third-order valence-electron chi connectivity index (χ3n) is 4.70. The molecule has 0 amide bonds. The van der Waals surface area contributed by atoms with Crippen LogP contribution in [0.1, 0.15) is 34.6 Å². The molecule has 1 fully saturated rings. The van der Waals surface area contributed by atoms with Gasteiger partial charge in [0.2, 0.25) is 0 Å². The maximum absolute atomic E-state index is 15.1. The number of ether oxygens (including phenoxy) is 3. The van der Waals surface area contributed by atoms with Crippen molar-refractivity contribution in [2.75, 3.05) is 6.61 Å². The summed E-state index contributed by atoms with van der Waals surface area (Å²) in [6, 6.07) is 16.8. The van der Waals surface area contributed by atoms with Gasteiger partial charge in [0, 0.05) is 0 Å². The predicted molar refractivity (Wildman–Crippen MR) is 96.2 cm³/mol. The number of rotatable bonds is 5. The highest BCUT2D eigenvalue weighted by molar-refractivity contribution is 5.90. The molecule has 142 valence electrons. The molecule has 2 aromatic rings. The second kappa shape index (κ2) is 7.88. The van der Waals surface area contributed by atoms with Crippen LogP contribution in [0.5, 0.6) is 0 Å². The van der Waals surface area contributed by atoms with Crippen LogP contribution in [0.15, 0.2) is 60.7 Å². The maximum Gasteiger partial charge on any atom is 0.338 e. The second-order valence-corrected chi connectivity index (χ2v) is 6.62. The number of esters is 2. The lowest BCUT2D eigenvalue weighted by atomic mass is 9.95. The minimum absolute atomic E-state index is 0.218. The van der Waals surface area contributed by atoms with Crippen molar-refractivity contribution >= 4 is 11.9 Å². The number of carbonyl (C=O) groups excluding carboxylic acids is 2. The van der Waals surface area contributed by atoms with Crippen LogP contribution >= 0.6 is 0 Å². The van der Waals surface area contributed by atoms with Gasteiger partial charge in [0.05, 0.1) is 17.2 Å². The van der Waals surface area contributed by atoms with Gasteiger partial charge < -0.3 is 14.2 Å². The Kier molecular flexibility index (Phi) is 5.56.